The van der Waals surface area contributed by atoms with Crippen LogP contribution in [0, 0.1) is 5.92 Å². The van der Waals surface area contributed by atoms with Crippen molar-refractivity contribution in [3.05, 3.63) is 0 Å². The summed E-state index contributed by atoms with van der Waals surface area (Å²) in [7, 11) is 0. The zero-order chi connectivity index (χ0) is 48.8. The number of esters is 3. The van der Waals surface area contributed by atoms with Crippen molar-refractivity contribution in [2.24, 2.45) is 5.92 Å². The normalized spacial score (nSPS) is 12.4. The summed E-state index contributed by atoms with van der Waals surface area (Å²) in [6.07, 6.45) is 60.9. The summed E-state index contributed by atoms with van der Waals surface area (Å²) in [5, 5.41) is 0. The molecule has 0 fully saturated rings. The molecule has 67 heavy (non-hydrogen) atoms. The lowest BCUT2D eigenvalue weighted by molar-refractivity contribution is -0.167. The van der Waals surface area contributed by atoms with Crippen molar-refractivity contribution in [1.29, 1.82) is 0 Å². The molecule has 398 valence electrons. The number of hydrogen-bond acceptors (Lipinski definition) is 6. The average molecular weight is 948 g/mol. The molecule has 0 aromatic heterocycles. The highest BCUT2D eigenvalue weighted by Gasteiger charge is 2.19. The minimum absolute atomic E-state index is 0.0615. The van der Waals surface area contributed by atoms with Gasteiger partial charge in [-0.3, -0.25) is 14.4 Å². The lowest BCUT2D eigenvalue weighted by atomic mass is 9.99. The molecule has 1 unspecified atom stereocenters. The third kappa shape index (κ3) is 53.6. The van der Waals surface area contributed by atoms with Crippen LogP contribution in [0.2, 0.25) is 0 Å². The van der Waals surface area contributed by atoms with E-state index in [2.05, 4.69) is 27.7 Å². The van der Waals surface area contributed by atoms with Gasteiger partial charge in [0.05, 0.1) is 0 Å². The highest BCUT2D eigenvalue weighted by Crippen LogP contribution is 2.19. The Kier molecular flexibility index (Phi) is 54.0. The second-order valence-corrected chi connectivity index (χ2v) is 21.2. The molecule has 0 saturated heterocycles. The standard InChI is InChI=1S/C61H118O6/c1-5-8-10-12-14-16-18-20-21-22-23-24-29-33-37-41-45-49-53-60(63)66-56-58(55-65-59(62)52-48-44-40-36-32-27-19-17-15-13-11-9-6-2)67-61(64)54-50-46-42-38-34-30-26-25-28-31-35-39-43-47-51-57(4)7-3/h57-58H,5-56H2,1-4H3/t57?,58-/m0/s1. The Morgan fingerprint density at radius 3 is 0.776 bits per heavy atom. The number of ether oxygens (including phenoxy) is 3. The first-order chi connectivity index (χ1) is 32.9. The second-order valence-electron chi connectivity index (χ2n) is 21.2. The van der Waals surface area contributed by atoms with E-state index in [1.165, 1.54) is 244 Å². The molecule has 0 aliphatic heterocycles. The summed E-state index contributed by atoms with van der Waals surface area (Å²) in [4.78, 5) is 38.2. The minimum atomic E-state index is -0.762. The molecule has 0 bridgehead atoms. The van der Waals surface area contributed by atoms with E-state index in [1.807, 2.05) is 0 Å². The van der Waals surface area contributed by atoms with Crippen LogP contribution in [0.1, 0.15) is 349 Å². The van der Waals surface area contributed by atoms with Gasteiger partial charge >= 0.3 is 17.9 Å². The molecular formula is C61H118O6. The summed E-state index contributed by atoms with van der Waals surface area (Å²) in [6.45, 7) is 9.11. The molecule has 0 saturated carbocycles. The molecule has 6 heteroatoms. The van der Waals surface area contributed by atoms with Gasteiger partial charge < -0.3 is 14.2 Å². The van der Waals surface area contributed by atoms with Crippen molar-refractivity contribution in [3.63, 3.8) is 0 Å². The van der Waals surface area contributed by atoms with E-state index in [4.69, 9.17) is 14.2 Å². The van der Waals surface area contributed by atoms with Gasteiger partial charge in [0.25, 0.3) is 0 Å². The van der Waals surface area contributed by atoms with Crippen molar-refractivity contribution in [2.45, 2.75) is 355 Å². The Hall–Kier alpha value is -1.59. The fourth-order valence-corrected chi connectivity index (χ4v) is 9.42. The SMILES string of the molecule is CCCCCCCCCCCCCCCCCCCCC(=O)OC[C@H](COC(=O)CCCCCCCCCCCCCCC)OC(=O)CCCCCCCCCCCCCCCCC(C)CC. The monoisotopic (exact) mass is 947 g/mol. The third-order valence-electron chi connectivity index (χ3n) is 14.4. The molecule has 0 N–H and O–H groups in total. The van der Waals surface area contributed by atoms with E-state index < -0.39 is 6.10 Å². The number of carbonyl (C=O) groups excluding carboxylic acids is 3. The quantitative estimate of drug-likeness (QED) is 0.0343. The van der Waals surface area contributed by atoms with E-state index in [0.29, 0.717) is 19.3 Å². The maximum atomic E-state index is 12.9. The molecule has 0 heterocycles. The van der Waals surface area contributed by atoms with Gasteiger partial charge in [-0.2, -0.15) is 0 Å². The van der Waals surface area contributed by atoms with Crippen LogP contribution in [0.5, 0.6) is 0 Å². The van der Waals surface area contributed by atoms with E-state index >= 15 is 0 Å². The van der Waals surface area contributed by atoms with Gasteiger partial charge in [-0.05, 0) is 25.2 Å². The first-order valence-corrected chi connectivity index (χ1v) is 30.4. The fraction of sp³-hybridized carbons (Fsp3) is 0.951. The van der Waals surface area contributed by atoms with Gasteiger partial charge in [0.15, 0.2) is 6.10 Å². The molecular weight excluding hydrogens is 829 g/mol. The number of carbonyl (C=O) groups is 3. The molecule has 0 aliphatic rings. The van der Waals surface area contributed by atoms with Crippen molar-refractivity contribution in [1.82, 2.24) is 0 Å². The topological polar surface area (TPSA) is 78.9 Å². The summed E-state index contributed by atoms with van der Waals surface area (Å²) in [6, 6.07) is 0. The molecule has 0 aromatic rings. The van der Waals surface area contributed by atoms with Gasteiger partial charge in [-0.1, -0.05) is 310 Å². The Labute approximate surface area is 418 Å². The second kappa shape index (κ2) is 55.3. The third-order valence-corrected chi connectivity index (χ3v) is 14.4. The van der Waals surface area contributed by atoms with Crippen molar-refractivity contribution < 1.29 is 28.6 Å². The molecule has 2 atom stereocenters. The highest BCUT2D eigenvalue weighted by molar-refractivity contribution is 5.71. The Morgan fingerprint density at radius 2 is 0.522 bits per heavy atom. The van der Waals surface area contributed by atoms with Crippen LogP contribution in [-0.2, 0) is 28.6 Å². The Morgan fingerprint density at radius 1 is 0.299 bits per heavy atom. The van der Waals surface area contributed by atoms with Gasteiger partial charge in [-0.25, -0.2) is 0 Å². The van der Waals surface area contributed by atoms with Crippen LogP contribution in [0.15, 0.2) is 0 Å². The Bertz CT molecular complexity index is 1010. The van der Waals surface area contributed by atoms with Crippen molar-refractivity contribution >= 4 is 17.9 Å². The number of hydrogen-bond donors (Lipinski definition) is 0. The molecule has 0 spiro atoms. The summed E-state index contributed by atoms with van der Waals surface area (Å²) in [5.74, 6) is 0.0628. The average Bonchev–Trinajstić information content (AvgIpc) is 3.33. The molecule has 6 nitrogen and oxygen atoms in total. The smallest absolute Gasteiger partial charge is 0.306 e. The predicted octanol–water partition coefficient (Wildman–Crippen LogP) is 20.2. The van der Waals surface area contributed by atoms with Crippen LogP contribution >= 0.6 is 0 Å². The largest absolute Gasteiger partial charge is 0.462 e. The van der Waals surface area contributed by atoms with Crippen molar-refractivity contribution in [3.8, 4) is 0 Å². The molecule has 0 aromatic carbocycles. The lowest BCUT2D eigenvalue weighted by Gasteiger charge is -2.18. The Balaban J connectivity index is 4.28. The zero-order valence-corrected chi connectivity index (χ0v) is 45.9. The summed E-state index contributed by atoms with van der Waals surface area (Å²) >= 11 is 0. The van der Waals surface area contributed by atoms with Crippen LogP contribution < -0.4 is 0 Å². The molecule has 0 amide bonds. The fourth-order valence-electron chi connectivity index (χ4n) is 9.42. The van der Waals surface area contributed by atoms with E-state index in [0.717, 1.165) is 63.7 Å². The summed E-state index contributed by atoms with van der Waals surface area (Å²) in [5.41, 5.74) is 0. The highest BCUT2D eigenvalue weighted by atomic mass is 16.6. The number of unbranched alkanes of at least 4 members (excludes halogenated alkanes) is 42. The van der Waals surface area contributed by atoms with Gasteiger partial charge in [-0.15, -0.1) is 0 Å². The van der Waals surface area contributed by atoms with Crippen LogP contribution in [0.3, 0.4) is 0 Å². The maximum absolute atomic E-state index is 12.9. The lowest BCUT2D eigenvalue weighted by Crippen LogP contribution is -2.30. The predicted molar refractivity (Wildman–Crippen MR) is 289 cm³/mol. The van der Waals surface area contributed by atoms with Crippen LogP contribution in [0.25, 0.3) is 0 Å². The van der Waals surface area contributed by atoms with Gasteiger partial charge in [0.1, 0.15) is 13.2 Å². The van der Waals surface area contributed by atoms with Crippen LogP contribution in [0.4, 0.5) is 0 Å². The minimum Gasteiger partial charge on any atom is -0.462 e. The first-order valence-electron chi connectivity index (χ1n) is 30.4. The van der Waals surface area contributed by atoms with Crippen LogP contribution in [-0.4, -0.2) is 37.2 Å². The maximum Gasteiger partial charge on any atom is 0.306 e. The molecule has 0 radical (unpaired) electrons. The van der Waals surface area contributed by atoms with E-state index in [9.17, 15) is 14.4 Å². The van der Waals surface area contributed by atoms with Gasteiger partial charge in [0, 0.05) is 19.3 Å². The van der Waals surface area contributed by atoms with E-state index in [-0.39, 0.29) is 31.1 Å². The zero-order valence-electron chi connectivity index (χ0n) is 45.9. The summed E-state index contributed by atoms with van der Waals surface area (Å²) < 4.78 is 16.9. The van der Waals surface area contributed by atoms with Crippen molar-refractivity contribution in [2.75, 3.05) is 13.2 Å². The first kappa shape index (κ1) is 65.4. The van der Waals surface area contributed by atoms with Gasteiger partial charge in [0.2, 0.25) is 0 Å². The molecule has 0 aliphatic carbocycles. The number of rotatable bonds is 56. The molecule has 0 rings (SSSR count). The van der Waals surface area contributed by atoms with E-state index in [1.54, 1.807) is 0 Å².